The van der Waals surface area contributed by atoms with Gasteiger partial charge in [-0.15, -0.1) is 0 Å². The van der Waals surface area contributed by atoms with Gasteiger partial charge >= 0.3 is 0 Å². The van der Waals surface area contributed by atoms with Gasteiger partial charge in [-0.3, -0.25) is 4.79 Å². The van der Waals surface area contributed by atoms with E-state index in [4.69, 9.17) is 9.47 Å². The third-order valence-electron chi connectivity index (χ3n) is 4.51. The van der Waals surface area contributed by atoms with E-state index < -0.39 is 0 Å². The molecule has 1 unspecified atom stereocenters. The normalized spacial score (nSPS) is 11.8. The molecule has 0 fully saturated rings. The first kappa shape index (κ1) is 26.3. The summed E-state index contributed by atoms with van der Waals surface area (Å²) in [5, 5.41) is 12.5. The summed E-state index contributed by atoms with van der Waals surface area (Å²) in [4.78, 5) is 25.2. The number of benzene rings is 1. The second-order valence-corrected chi connectivity index (χ2v) is 7.83. The van der Waals surface area contributed by atoms with Crippen LogP contribution in [0.5, 0.6) is 0 Å². The molecule has 0 saturated carbocycles. The largest absolute Gasteiger partial charge is 0.377 e. The molecular formula is C23H37N7O3. The molecule has 182 valence electrons. The van der Waals surface area contributed by atoms with Crippen molar-refractivity contribution in [1.82, 2.24) is 20.3 Å². The first-order chi connectivity index (χ1) is 16.0. The standard InChI is InChI=1S/C23H37N7O3/c1-5-18(4)27-23-29-21(28-22(30-23)26-17(2)3)25-12-14-33-16-15-32-13-11-24-20(31)19-9-7-6-8-10-19/h6-10,17-18H,5,11-16H2,1-4H3,(H,24,31)(H3,25,26,27,28,29,30). The van der Waals surface area contributed by atoms with Crippen LogP contribution >= 0.6 is 0 Å². The van der Waals surface area contributed by atoms with Crippen LogP contribution in [0.1, 0.15) is 44.5 Å². The first-order valence-corrected chi connectivity index (χ1v) is 11.5. The molecule has 0 radical (unpaired) electrons. The van der Waals surface area contributed by atoms with Gasteiger partial charge < -0.3 is 30.7 Å². The number of hydrogen-bond acceptors (Lipinski definition) is 9. The quantitative estimate of drug-likeness (QED) is 0.281. The average molecular weight is 460 g/mol. The first-order valence-electron chi connectivity index (χ1n) is 11.5. The number of hydrogen-bond donors (Lipinski definition) is 4. The number of carbonyl (C=O) groups is 1. The molecule has 10 heteroatoms. The smallest absolute Gasteiger partial charge is 0.251 e. The SMILES string of the molecule is CCC(C)Nc1nc(NCCOCCOCCNC(=O)c2ccccc2)nc(NC(C)C)n1. The van der Waals surface area contributed by atoms with Crippen LogP contribution in [0.25, 0.3) is 0 Å². The van der Waals surface area contributed by atoms with E-state index in [2.05, 4.69) is 50.1 Å². The van der Waals surface area contributed by atoms with Gasteiger partial charge in [-0.1, -0.05) is 25.1 Å². The molecule has 0 aliphatic carbocycles. The molecule has 0 saturated heterocycles. The molecule has 0 aliphatic rings. The van der Waals surface area contributed by atoms with Gasteiger partial charge in [-0.05, 0) is 39.3 Å². The van der Waals surface area contributed by atoms with E-state index in [0.717, 1.165) is 6.42 Å². The van der Waals surface area contributed by atoms with Crippen LogP contribution in [0.15, 0.2) is 30.3 Å². The van der Waals surface area contributed by atoms with Crippen LogP contribution in [0.2, 0.25) is 0 Å². The molecule has 0 spiro atoms. The van der Waals surface area contributed by atoms with Crippen LogP contribution in [0.4, 0.5) is 17.8 Å². The van der Waals surface area contributed by atoms with Crippen molar-refractivity contribution in [3.8, 4) is 0 Å². The minimum absolute atomic E-state index is 0.103. The molecule has 0 bridgehead atoms. The van der Waals surface area contributed by atoms with E-state index in [9.17, 15) is 4.79 Å². The Labute approximate surface area is 196 Å². The Bertz CT molecular complexity index is 821. The monoisotopic (exact) mass is 459 g/mol. The van der Waals surface area contributed by atoms with Crippen molar-refractivity contribution in [2.75, 3.05) is 55.5 Å². The molecule has 1 heterocycles. The second kappa shape index (κ2) is 15.0. The van der Waals surface area contributed by atoms with Gasteiger partial charge in [-0.2, -0.15) is 15.0 Å². The average Bonchev–Trinajstić information content (AvgIpc) is 2.80. The van der Waals surface area contributed by atoms with Gasteiger partial charge in [0.25, 0.3) is 5.91 Å². The van der Waals surface area contributed by atoms with Crippen LogP contribution in [-0.2, 0) is 9.47 Å². The van der Waals surface area contributed by atoms with Crippen molar-refractivity contribution in [3.63, 3.8) is 0 Å². The predicted octanol–water partition coefficient (Wildman–Crippen LogP) is 2.78. The van der Waals surface area contributed by atoms with Gasteiger partial charge in [0.15, 0.2) is 0 Å². The summed E-state index contributed by atoms with van der Waals surface area (Å²) in [6, 6.07) is 9.59. The van der Waals surface area contributed by atoms with Gasteiger partial charge in [0.05, 0.1) is 26.4 Å². The maximum atomic E-state index is 11.9. The van der Waals surface area contributed by atoms with Gasteiger partial charge in [0.1, 0.15) is 0 Å². The zero-order valence-corrected chi connectivity index (χ0v) is 20.1. The summed E-state index contributed by atoms with van der Waals surface area (Å²) in [7, 11) is 0. The summed E-state index contributed by atoms with van der Waals surface area (Å²) < 4.78 is 11.1. The van der Waals surface area contributed by atoms with Crippen molar-refractivity contribution in [2.24, 2.45) is 0 Å². The molecule has 4 N–H and O–H groups in total. The summed E-state index contributed by atoms with van der Waals surface area (Å²) in [6.45, 7) is 11.1. The molecule has 0 aliphatic heterocycles. The Morgan fingerprint density at radius 1 is 0.848 bits per heavy atom. The molecule has 1 aromatic carbocycles. The van der Waals surface area contributed by atoms with Crippen molar-refractivity contribution in [2.45, 2.75) is 46.2 Å². The number of nitrogens with one attached hydrogen (secondary N) is 4. The summed E-state index contributed by atoms with van der Waals surface area (Å²) >= 11 is 0. The van der Waals surface area contributed by atoms with Gasteiger partial charge in [-0.25, -0.2) is 0 Å². The third-order valence-corrected chi connectivity index (χ3v) is 4.51. The van der Waals surface area contributed by atoms with Crippen LogP contribution in [-0.4, -0.2) is 72.5 Å². The fourth-order valence-electron chi connectivity index (χ4n) is 2.65. The number of amides is 1. The summed E-state index contributed by atoms with van der Waals surface area (Å²) in [6.07, 6.45) is 0.969. The fraction of sp³-hybridized carbons (Fsp3) is 0.565. The number of nitrogens with zero attached hydrogens (tertiary/aromatic N) is 3. The molecule has 2 rings (SSSR count). The Hall–Kier alpha value is -2.98. The Morgan fingerprint density at radius 3 is 2.09 bits per heavy atom. The molecule has 2 aromatic rings. The Kier molecular flexibility index (Phi) is 11.9. The maximum absolute atomic E-state index is 11.9. The minimum Gasteiger partial charge on any atom is -0.377 e. The van der Waals surface area contributed by atoms with Crippen molar-refractivity contribution >= 4 is 23.8 Å². The van der Waals surface area contributed by atoms with Crippen LogP contribution in [0, 0.1) is 0 Å². The molecule has 10 nitrogen and oxygen atoms in total. The molecule has 1 aromatic heterocycles. The molecular weight excluding hydrogens is 422 g/mol. The van der Waals surface area contributed by atoms with E-state index in [0.29, 0.717) is 62.9 Å². The zero-order chi connectivity index (χ0) is 23.9. The lowest BCUT2D eigenvalue weighted by Gasteiger charge is -2.15. The molecule has 33 heavy (non-hydrogen) atoms. The van der Waals surface area contributed by atoms with E-state index in [-0.39, 0.29) is 18.0 Å². The fourth-order valence-corrected chi connectivity index (χ4v) is 2.65. The highest BCUT2D eigenvalue weighted by Crippen LogP contribution is 2.11. The lowest BCUT2D eigenvalue weighted by atomic mass is 10.2. The lowest BCUT2D eigenvalue weighted by Crippen LogP contribution is -2.27. The lowest BCUT2D eigenvalue weighted by molar-refractivity contribution is 0.0519. The highest BCUT2D eigenvalue weighted by atomic mass is 16.5. The predicted molar refractivity (Wildman–Crippen MR) is 131 cm³/mol. The second-order valence-electron chi connectivity index (χ2n) is 7.83. The topological polar surface area (TPSA) is 122 Å². The highest BCUT2D eigenvalue weighted by molar-refractivity contribution is 5.94. The van der Waals surface area contributed by atoms with Gasteiger partial charge in [0.2, 0.25) is 17.8 Å². The number of carbonyl (C=O) groups excluding carboxylic acids is 1. The number of rotatable bonds is 16. The van der Waals surface area contributed by atoms with E-state index in [1.54, 1.807) is 12.1 Å². The zero-order valence-electron chi connectivity index (χ0n) is 20.1. The van der Waals surface area contributed by atoms with E-state index in [1.807, 2.05) is 32.0 Å². The Balaban J connectivity index is 1.60. The molecule has 1 atom stereocenters. The van der Waals surface area contributed by atoms with Crippen molar-refractivity contribution < 1.29 is 14.3 Å². The number of aromatic nitrogens is 3. The third kappa shape index (κ3) is 10.9. The van der Waals surface area contributed by atoms with E-state index >= 15 is 0 Å². The van der Waals surface area contributed by atoms with E-state index in [1.165, 1.54) is 0 Å². The van der Waals surface area contributed by atoms with Crippen LogP contribution in [0.3, 0.4) is 0 Å². The summed E-state index contributed by atoms with van der Waals surface area (Å²) in [5.41, 5.74) is 0.640. The highest BCUT2D eigenvalue weighted by Gasteiger charge is 2.09. The number of anilines is 3. The van der Waals surface area contributed by atoms with Gasteiger partial charge in [0, 0.05) is 30.7 Å². The maximum Gasteiger partial charge on any atom is 0.251 e. The molecule has 1 amide bonds. The number of ether oxygens (including phenoxy) is 2. The van der Waals surface area contributed by atoms with Crippen molar-refractivity contribution in [1.29, 1.82) is 0 Å². The van der Waals surface area contributed by atoms with Crippen molar-refractivity contribution in [3.05, 3.63) is 35.9 Å². The Morgan fingerprint density at radius 2 is 1.45 bits per heavy atom. The minimum atomic E-state index is -0.103. The summed E-state index contributed by atoms with van der Waals surface area (Å²) in [5.74, 6) is 1.46. The van der Waals surface area contributed by atoms with Crippen LogP contribution < -0.4 is 21.3 Å².